The van der Waals surface area contributed by atoms with Gasteiger partial charge in [-0.25, -0.2) is 4.39 Å². The molecule has 0 amide bonds. The first-order valence-corrected chi connectivity index (χ1v) is 5.81. The zero-order valence-corrected chi connectivity index (χ0v) is 10.3. The quantitative estimate of drug-likeness (QED) is 0.761. The summed E-state index contributed by atoms with van der Waals surface area (Å²) in [5, 5.41) is 8.13. The van der Waals surface area contributed by atoms with Crippen molar-refractivity contribution < 1.29 is 4.39 Å². The molecule has 1 heterocycles. The molecule has 0 saturated carbocycles. The van der Waals surface area contributed by atoms with E-state index in [0.29, 0.717) is 29.6 Å². The van der Waals surface area contributed by atoms with Crippen molar-refractivity contribution in [2.45, 2.75) is 31.6 Å². The summed E-state index contributed by atoms with van der Waals surface area (Å²) in [7, 11) is 0. The highest BCUT2D eigenvalue weighted by atomic mass is 35.5. The van der Waals surface area contributed by atoms with E-state index >= 15 is 0 Å². The standard InChI is InChI=1S/C11H11Cl2FN2/c1-11(4-2-7(14)3-5-11)8-6-9(12)15-16-10(8)13/h2,6H,3-5H2,1H3. The smallest absolute Gasteiger partial charge is 0.155 e. The topological polar surface area (TPSA) is 25.8 Å². The Morgan fingerprint density at radius 3 is 2.75 bits per heavy atom. The van der Waals surface area contributed by atoms with Crippen molar-refractivity contribution in [2.75, 3.05) is 0 Å². The van der Waals surface area contributed by atoms with Crippen LogP contribution in [0.2, 0.25) is 10.3 Å². The van der Waals surface area contributed by atoms with Gasteiger partial charge in [-0.1, -0.05) is 36.2 Å². The molecule has 1 aliphatic carbocycles. The molecule has 86 valence electrons. The number of allylic oxidation sites excluding steroid dienone is 2. The second-order valence-electron chi connectivity index (χ2n) is 4.29. The van der Waals surface area contributed by atoms with Crippen LogP contribution in [0.4, 0.5) is 4.39 Å². The van der Waals surface area contributed by atoms with E-state index in [1.54, 1.807) is 12.1 Å². The highest BCUT2D eigenvalue weighted by Gasteiger charge is 2.32. The number of aromatic nitrogens is 2. The van der Waals surface area contributed by atoms with Crippen LogP contribution in [0.5, 0.6) is 0 Å². The lowest BCUT2D eigenvalue weighted by Gasteiger charge is -2.32. The Morgan fingerprint density at radius 1 is 1.38 bits per heavy atom. The Balaban J connectivity index is 2.40. The Kier molecular flexibility index (Phi) is 3.17. The molecule has 0 fully saturated rings. The van der Waals surface area contributed by atoms with Gasteiger partial charge in [0.2, 0.25) is 0 Å². The summed E-state index contributed by atoms with van der Waals surface area (Å²) in [5.74, 6) is -0.0540. The number of nitrogens with zero attached hydrogens (tertiary/aromatic N) is 2. The first-order chi connectivity index (χ1) is 7.51. The molecule has 5 heteroatoms. The Bertz CT molecular complexity index is 448. The highest BCUT2D eigenvalue weighted by molar-refractivity contribution is 6.31. The fraction of sp³-hybridized carbons (Fsp3) is 0.455. The van der Waals surface area contributed by atoms with Crippen LogP contribution in [0, 0.1) is 0 Å². The number of hydrogen-bond acceptors (Lipinski definition) is 2. The molecule has 0 saturated heterocycles. The maximum atomic E-state index is 13.0. The SMILES string of the molecule is CC1(c2cc(Cl)nnc2Cl)CC=C(F)CC1. The van der Waals surface area contributed by atoms with Crippen LogP contribution >= 0.6 is 23.2 Å². The molecule has 0 radical (unpaired) electrons. The van der Waals surface area contributed by atoms with Crippen LogP contribution < -0.4 is 0 Å². The van der Waals surface area contributed by atoms with E-state index in [-0.39, 0.29) is 11.2 Å². The lowest BCUT2D eigenvalue weighted by Crippen LogP contribution is -2.24. The first-order valence-electron chi connectivity index (χ1n) is 5.05. The molecule has 2 nitrogen and oxygen atoms in total. The van der Waals surface area contributed by atoms with Gasteiger partial charge in [0.05, 0.1) is 5.83 Å². The predicted octanol–water partition coefficient (Wildman–Crippen LogP) is 4.08. The fourth-order valence-electron chi connectivity index (χ4n) is 1.96. The molecule has 1 aliphatic rings. The molecule has 0 spiro atoms. The summed E-state index contributed by atoms with van der Waals surface area (Å²) in [6.45, 7) is 2.04. The zero-order valence-electron chi connectivity index (χ0n) is 8.80. The van der Waals surface area contributed by atoms with Crippen LogP contribution in [0.1, 0.15) is 31.7 Å². The Morgan fingerprint density at radius 2 is 2.12 bits per heavy atom. The highest BCUT2D eigenvalue weighted by Crippen LogP contribution is 2.41. The monoisotopic (exact) mass is 260 g/mol. The van der Waals surface area contributed by atoms with Gasteiger partial charge in [-0.15, -0.1) is 10.2 Å². The van der Waals surface area contributed by atoms with Crippen molar-refractivity contribution in [3.05, 3.63) is 33.8 Å². The van der Waals surface area contributed by atoms with Crippen molar-refractivity contribution in [2.24, 2.45) is 0 Å². The van der Waals surface area contributed by atoms with E-state index < -0.39 is 0 Å². The van der Waals surface area contributed by atoms with E-state index in [9.17, 15) is 4.39 Å². The molecule has 1 aromatic heterocycles. The van der Waals surface area contributed by atoms with Crippen LogP contribution in [0.25, 0.3) is 0 Å². The van der Waals surface area contributed by atoms with Gasteiger partial charge in [0.15, 0.2) is 10.3 Å². The van der Waals surface area contributed by atoms with Crippen molar-refractivity contribution in [3.63, 3.8) is 0 Å². The lowest BCUT2D eigenvalue weighted by molar-refractivity contribution is 0.383. The molecule has 1 aromatic rings. The minimum Gasteiger partial charge on any atom is -0.212 e. The zero-order chi connectivity index (χ0) is 11.8. The van der Waals surface area contributed by atoms with Crippen molar-refractivity contribution in [1.29, 1.82) is 0 Å². The molecule has 1 atom stereocenters. The molecule has 0 bridgehead atoms. The second kappa shape index (κ2) is 4.30. The van der Waals surface area contributed by atoms with Crippen LogP contribution in [0.15, 0.2) is 18.0 Å². The minimum atomic E-state index is -0.202. The molecular weight excluding hydrogens is 250 g/mol. The predicted molar refractivity (Wildman–Crippen MR) is 62.4 cm³/mol. The molecule has 0 aliphatic heterocycles. The molecule has 16 heavy (non-hydrogen) atoms. The van der Waals surface area contributed by atoms with Gasteiger partial charge in [0.25, 0.3) is 0 Å². The van der Waals surface area contributed by atoms with Crippen molar-refractivity contribution in [1.82, 2.24) is 10.2 Å². The molecular formula is C11H11Cl2FN2. The average Bonchev–Trinajstić information content (AvgIpc) is 2.26. The van der Waals surface area contributed by atoms with Crippen LogP contribution in [-0.4, -0.2) is 10.2 Å². The van der Waals surface area contributed by atoms with Gasteiger partial charge in [-0.05, 0) is 30.7 Å². The van der Waals surface area contributed by atoms with Gasteiger partial charge in [0.1, 0.15) is 0 Å². The fourth-order valence-corrected chi connectivity index (χ4v) is 2.42. The Hall–Kier alpha value is -0.670. The summed E-state index contributed by atoms with van der Waals surface area (Å²) in [6.07, 6.45) is 3.36. The number of rotatable bonds is 1. The van der Waals surface area contributed by atoms with Crippen molar-refractivity contribution >= 4 is 23.2 Å². The summed E-state index contributed by atoms with van der Waals surface area (Å²) in [6, 6.07) is 1.72. The third-order valence-electron chi connectivity index (χ3n) is 3.06. The summed E-state index contributed by atoms with van der Waals surface area (Å²) < 4.78 is 13.0. The number of hydrogen-bond donors (Lipinski definition) is 0. The first kappa shape index (κ1) is 11.8. The van der Waals surface area contributed by atoms with E-state index in [0.717, 1.165) is 5.56 Å². The van der Waals surface area contributed by atoms with E-state index in [1.807, 2.05) is 6.92 Å². The summed E-state index contributed by atoms with van der Waals surface area (Å²) in [5.41, 5.74) is 0.643. The number of halogens is 3. The molecule has 2 rings (SSSR count). The Labute approximate surface area is 103 Å². The maximum Gasteiger partial charge on any atom is 0.155 e. The van der Waals surface area contributed by atoms with Gasteiger partial charge < -0.3 is 0 Å². The van der Waals surface area contributed by atoms with Crippen LogP contribution in [-0.2, 0) is 5.41 Å². The minimum absolute atomic E-state index is 0.0540. The van der Waals surface area contributed by atoms with E-state index in [2.05, 4.69) is 10.2 Å². The van der Waals surface area contributed by atoms with E-state index in [4.69, 9.17) is 23.2 Å². The summed E-state index contributed by atoms with van der Waals surface area (Å²) >= 11 is 11.8. The van der Waals surface area contributed by atoms with Gasteiger partial charge in [-0.3, -0.25) is 0 Å². The van der Waals surface area contributed by atoms with Crippen LogP contribution in [0.3, 0.4) is 0 Å². The lowest BCUT2D eigenvalue weighted by atomic mass is 9.74. The maximum absolute atomic E-state index is 13.0. The van der Waals surface area contributed by atoms with Gasteiger partial charge >= 0.3 is 0 Å². The largest absolute Gasteiger partial charge is 0.212 e. The molecule has 0 aromatic carbocycles. The average molecular weight is 261 g/mol. The summed E-state index contributed by atoms with van der Waals surface area (Å²) in [4.78, 5) is 0. The third-order valence-corrected chi connectivity index (χ3v) is 3.52. The molecule has 1 unspecified atom stereocenters. The van der Waals surface area contributed by atoms with Gasteiger partial charge in [-0.2, -0.15) is 0 Å². The third kappa shape index (κ3) is 2.20. The molecule has 0 N–H and O–H groups in total. The van der Waals surface area contributed by atoms with E-state index in [1.165, 1.54) is 0 Å². The van der Waals surface area contributed by atoms with Crippen molar-refractivity contribution in [3.8, 4) is 0 Å². The second-order valence-corrected chi connectivity index (χ2v) is 5.03. The van der Waals surface area contributed by atoms with Gasteiger partial charge in [0, 0.05) is 5.56 Å². The normalized spacial score (nSPS) is 25.4.